The summed E-state index contributed by atoms with van der Waals surface area (Å²) in [5.41, 5.74) is 49.8. The Kier molecular flexibility index (Phi) is 33.1. The fourth-order valence-electron chi connectivity index (χ4n) is 8.05. The zero-order valence-electron chi connectivity index (χ0n) is 47.8. The second-order valence-corrected chi connectivity index (χ2v) is 22.0. The van der Waals surface area contributed by atoms with E-state index >= 15 is 17.6 Å². The van der Waals surface area contributed by atoms with E-state index in [4.69, 9.17) is 57.0 Å². The van der Waals surface area contributed by atoms with Crippen LogP contribution in [-0.4, -0.2) is 164 Å². The molecule has 7 atom stereocenters. The van der Waals surface area contributed by atoms with Crippen LogP contribution in [0.5, 0.6) is 0 Å². The highest BCUT2D eigenvalue weighted by molar-refractivity contribution is 7.99. The molecule has 1 aromatic carbocycles. The molecule has 2 bridgehead atoms. The fourth-order valence-corrected chi connectivity index (χ4v) is 10.2. The van der Waals surface area contributed by atoms with Crippen molar-refractivity contribution in [2.45, 2.75) is 156 Å². The molecule has 85 heavy (non-hydrogen) atoms. The molecule has 0 radical (unpaired) electrons. The van der Waals surface area contributed by atoms with Crippen molar-refractivity contribution in [2.24, 2.45) is 77.5 Å². The van der Waals surface area contributed by atoms with Crippen molar-refractivity contribution >= 4 is 100 Å². The van der Waals surface area contributed by atoms with Crippen LogP contribution in [0.1, 0.15) is 104 Å². The number of nitrogens with zero attached hydrogens (tertiary/aromatic N) is 4. The van der Waals surface area contributed by atoms with E-state index in [2.05, 4.69) is 57.2 Å². The minimum absolute atomic E-state index is 0.0105. The van der Waals surface area contributed by atoms with Crippen LogP contribution in [0.4, 0.5) is 17.6 Å². The number of benzene rings is 1. The van der Waals surface area contributed by atoms with Crippen molar-refractivity contribution in [2.75, 3.05) is 44.7 Å². The summed E-state index contributed by atoms with van der Waals surface area (Å²) in [7, 11) is 1.28. The van der Waals surface area contributed by atoms with Crippen LogP contribution in [0.25, 0.3) is 0 Å². The number of guanidine groups is 4. The number of thioether (sulfide) groups is 2. The maximum absolute atomic E-state index is 16.1. The molecule has 3 rings (SSSR count). The van der Waals surface area contributed by atoms with E-state index in [1.165, 1.54) is 7.05 Å². The third-order valence-electron chi connectivity index (χ3n) is 12.7. The number of rotatable bonds is 27. The Bertz CT molecular complexity index is 2570. The molecule has 29 nitrogen and oxygen atoms in total. The van der Waals surface area contributed by atoms with Gasteiger partial charge in [0, 0.05) is 62.9 Å². The number of fused-ring (bicyclic) bond motifs is 24. The summed E-state index contributed by atoms with van der Waals surface area (Å²) in [5.74, 6) is -17.9. The molecule has 476 valence electrons. The summed E-state index contributed by atoms with van der Waals surface area (Å²) in [6.45, 7) is 2.90. The number of carbonyl (C=O) groups is 8. The Hall–Kier alpha value is -7.69. The normalized spacial score (nSPS) is 20.5. The van der Waals surface area contributed by atoms with Crippen molar-refractivity contribution in [1.29, 1.82) is 5.41 Å². The van der Waals surface area contributed by atoms with E-state index in [1.54, 1.807) is 13.8 Å². The van der Waals surface area contributed by atoms with Gasteiger partial charge in [0.1, 0.15) is 36.0 Å². The SMILES string of the molecule is CNC1CSc2c(F)c(F)c(c(F)c2F)SCC(C(=O)CCC(=O)C(C)C)NC(=O)C(CCCN=C(N)N)NC(=O)C(CCCN=C(N)N)NC(=O)C(CCCCC(=N)N)NC(=O)C(CCCN=C(N)N)NC(=O)C(CCCN=C(N)N)NC1=O. The van der Waals surface area contributed by atoms with Crippen molar-refractivity contribution in [1.82, 2.24) is 37.2 Å². The predicted molar refractivity (Wildman–Crippen MR) is 316 cm³/mol. The zero-order valence-corrected chi connectivity index (χ0v) is 49.5. The third-order valence-corrected chi connectivity index (χ3v) is 15.0. The molecule has 0 aliphatic carbocycles. The molecule has 6 amide bonds. The quantitative estimate of drug-likeness (QED) is 0.0106. The first-order valence-electron chi connectivity index (χ1n) is 27.3. The van der Waals surface area contributed by atoms with Gasteiger partial charge in [-0.1, -0.05) is 20.3 Å². The van der Waals surface area contributed by atoms with Crippen LogP contribution in [0.15, 0.2) is 29.8 Å². The van der Waals surface area contributed by atoms with Crippen molar-refractivity contribution in [3.63, 3.8) is 0 Å². The van der Waals surface area contributed by atoms with E-state index in [0.29, 0.717) is 0 Å². The fraction of sp³-hybridized carbons (Fsp3) is 0.620. The molecule has 1 aromatic rings. The van der Waals surface area contributed by atoms with Gasteiger partial charge in [-0.05, 0) is 71.3 Å². The lowest BCUT2D eigenvalue weighted by Crippen LogP contribution is -2.60. The summed E-state index contributed by atoms with van der Waals surface area (Å²) < 4.78 is 64.1. The predicted octanol–water partition coefficient (Wildman–Crippen LogP) is -2.78. The lowest BCUT2D eigenvalue weighted by molar-refractivity contribution is -0.135. The van der Waals surface area contributed by atoms with Gasteiger partial charge in [-0.2, -0.15) is 0 Å². The molecule has 0 fully saturated rings. The Morgan fingerprint density at radius 3 is 1.13 bits per heavy atom. The summed E-state index contributed by atoms with van der Waals surface area (Å²) in [4.78, 5) is 126. The Labute approximate surface area is 498 Å². The Morgan fingerprint density at radius 2 is 0.812 bits per heavy atom. The van der Waals surface area contributed by atoms with E-state index in [1.807, 2.05) is 0 Å². The molecule has 0 saturated heterocycles. The highest BCUT2D eigenvalue weighted by atomic mass is 32.2. The number of hydrogen-bond donors (Lipinski definition) is 17. The summed E-state index contributed by atoms with van der Waals surface area (Å²) in [6, 6.07) is -10.8. The molecule has 2 aliphatic heterocycles. The smallest absolute Gasteiger partial charge is 0.243 e. The van der Waals surface area contributed by atoms with Gasteiger partial charge < -0.3 is 88.8 Å². The zero-order chi connectivity index (χ0) is 63.9. The number of ketones is 2. The second-order valence-electron chi connectivity index (χ2n) is 19.9. The minimum atomic E-state index is -1.90. The topological polar surface area (TPSA) is 528 Å². The standard InChI is InChI=1S/C50H83F4N21O8S2/c1-24(2)32(76)16-17-33(77)30-22-84-39-35(51)37(53)40(38(54)36(39)52)85-23-31(65-3)46(83)74-28(13-8-20-68-49(61)62)44(81)72-26(11-6-18-66-47(57)58)42(79)70-25(10-4-5-15-34(55)56)41(78)71-27(12-7-19-67-48(59)60)43(80)73-29(45(82)75-30)14-9-21-69-50(63)64/h24-31,65H,4-23H2,1-3H3,(H3,55,56)(H,70,79)(H,71,78)(H,72,81)(H,73,80)(H,74,83)(H,75,82)(H4,57,58,66)(H4,59,60,67)(H4,61,62,68)(H4,63,64,69). The number of nitrogens with one attached hydrogen (secondary N) is 8. The van der Waals surface area contributed by atoms with Gasteiger partial charge >= 0.3 is 0 Å². The van der Waals surface area contributed by atoms with Gasteiger partial charge in [-0.15, -0.1) is 23.5 Å². The first kappa shape index (κ1) is 73.4. The molecule has 35 heteroatoms. The summed E-state index contributed by atoms with van der Waals surface area (Å²) in [6.07, 6.45) is -1.20. The first-order chi connectivity index (χ1) is 40.1. The number of nitrogens with two attached hydrogens (primary N) is 9. The summed E-state index contributed by atoms with van der Waals surface area (Å²) >= 11 is 0.317. The van der Waals surface area contributed by atoms with E-state index < -0.39 is 140 Å². The number of amides is 6. The Morgan fingerprint density at radius 1 is 0.494 bits per heavy atom. The van der Waals surface area contributed by atoms with Crippen molar-refractivity contribution in [3.8, 4) is 0 Å². The molecule has 0 aromatic heterocycles. The highest BCUT2D eigenvalue weighted by Gasteiger charge is 2.36. The molecule has 26 N–H and O–H groups in total. The van der Waals surface area contributed by atoms with Gasteiger partial charge in [0.25, 0.3) is 0 Å². The maximum atomic E-state index is 16.1. The average molecular weight is 1250 g/mol. The molecule has 0 saturated carbocycles. The van der Waals surface area contributed by atoms with Crippen LogP contribution in [0, 0.1) is 34.6 Å². The molecular weight excluding hydrogens is 1160 g/mol. The largest absolute Gasteiger partial charge is 0.388 e. The maximum Gasteiger partial charge on any atom is 0.243 e. The van der Waals surface area contributed by atoms with Gasteiger partial charge in [-0.3, -0.25) is 63.7 Å². The number of carbonyl (C=O) groups excluding carboxylic acids is 8. The van der Waals surface area contributed by atoms with E-state index in [0.717, 1.165) is 0 Å². The number of halogens is 4. The average Bonchev–Trinajstić information content (AvgIpc) is 2.27. The molecular formula is C50H83F4N21O8S2. The molecule has 7 unspecified atom stereocenters. The van der Waals surface area contributed by atoms with Gasteiger partial charge in [0.2, 0.25) is 35.4 Å². The first-order valence-corrected chi connectivity index (χ1v) is 29.3. The number of likely N-dealkylation sites (N-methyl/N-ethyl adjacent to an activating group) is 1. The monoisotopic (exact) mass is 1250 g/mol. The van der Waals surface area contributed by atoms with Crippen LogP contribution in [0.2, 0.25) is 0 Å². The third kappa shape index (κ3) is 27.3. The van der Waals surface area contributed by atoms with Crippen molar-refractivity contribution in [3.05, 3.63) is 23.3 Å². The van der Waals surface area contributed by atoms with Gasteiger partial charge in [0.15, 0.2) is 52.9 Å². The van der Waals surface area contributed by atoms with Gasteiger partial charge in [0.05, 0.1) is 27.7 Å². The number of unbranched alkanes of at least 4 members (excludes halogenated alkanes) is 1. The van der Waals surface area contributed by atoms with Crippen molar-refractivity contribution < 1.29 is 55.9 Å². The molecule has 2 aliphatic rings. The summed E-state index contributed by atoms with van der Waals surface area (Å²) in [5, 5.41) is 25.8. The Balaban J connectivity index is 3.00. The van der Waals surface area contributed by atoms with Crippen LogP contribution < -0.4 is 88.8 Å². The lowest BCUT2D eigenvalue weighted by Gasteiger charge is -2.28. The van der Waals surface area contributed by atoms with Crippen LogP contribution in [-0.2, 0) is 38.4 Å². The highest BCUT2D eigenvalue weighted by Crippen LogP contribution is 2.37. The lowest BCUT2D eigenvalue weighted by atomic mass is 10.0. The number of aliphatic imine (C=N–C) groups is 4. The number of amidine groups is 1. The van der Waals surface area contributed by atoms with Gasteiger partial charge in [-0.25, -0.2) is 17.6 Å². The minimum Gasteiger partial charge on any atom is -0.388 e. The number of Topliss-reactive ketones (excluding diaryl/α,β-unsaturated/α-hetero) is 2. The van der Waals surface area contributed by atoms with Crippen LogP contribution >= 0.6 is 23.5 Å². The van der Waals surface area contributed by atoms with Crippen LogP contribution in [0.3, 0.4) is 0 Å². The molecule has 0 spiro atoms. The van der Waals surface area contributed by atoms with E-state index in [9.17, 15) is 38.4 Å². The molecule has 2 heterocycles. The van der Waals surface area contributed by atoms with E-state index in [-0.39, 0.29) is 169 Å². The number of hydrogen-bond acceptors (Lipinski definition) is 16. The second kappa shape index (κ2) is 38.3.